The second kappa shape index (κ2) is 6.94. The predicted octanol–water partition coefficient (Wildman–Crippen LogP) is 2.91. The van der Waals surface area contributed by atoms with E-state index in [0.717, 1.165) is 32.7 Å². The largest absolute Gasteiger partial charge is 0.361 e. The van der Waals surface area contributed by atoms with Gasteiger partial charge in [0.1, 0.15) is 5.82 Å². The standard InChI is InChI=1S/C19H21N5O/c25-19(22-18-3-1-2-7-21-18)24-11-9-23(10-12-24)14-15-4-5-17-16(13-15)6-8-20-17/h1-8,13,20H,9-12,14H2,(H,21,22,25). The number of H-pyrrole nitrogens is 1. The van der Waals surface area contributed by atoms with Gasteiger partial charge < -0.3 is 9.88 Å². The number of carbonyl (C=O) groups excluding carboxylic acids is 1. The maximum atomic E-state index is 12.3. The number of aromatic amines is 1. The zero-order valence-electron chi connectivity index (χ0n) is 14.0. The van der Waals surface area contributed by atoms with Gasteiger partial charge in [-0.15, -0.1) is 0 Å². The summed E-state index contributed by atoms with van der Waals surface area (Å²) in [7, 11) is 0. The zero-order valence-corrected chi connectivity index (χ0v) is 14.0. The van der Waals surface area contributed by atoms with Crippen LogP contribution in [0.3, 0.4) is 0 Å². The van der Waals surface area contributed by atoms with Crippen molar-refractivity contribution in [3.63, 3.8) is 0 Å². The normalized spacial score (nSPS) is 15.4. The monoisotopic (exact) mass is 335 g/mol. The fourth-order valence-electron chi connectivity index (χ4n) is 3.19. The van der Waals surface area contributed by atoms with Crippen molar-refractivity contribution in [3.8, 4) is 0 Å². The third-order valence-electron chi connectivity index (χ3n) is 4.58. The molecule has 3 aromatic rings. The molecule has 0 aliphatic carbocycles. The smallest absolute Gasteiger partial charge is 0.323 e. The number of pyridine rings is 1. The summed E-state index contributed by atoms with van der Waals surface area (Å²) in [5.41, 5.74) is 2.47. The minimum absolute atomic E-state index is 0.0768. The summed E-state index contributed by atoms with van der Waals surface area (Å²) in [6, 6.07) is 14.0. The van der Waals surface area contributed by atoms with Gasteiger partial charge in [0, 0.05) is 50.6 Å². The van der Waals surface area contributed by atoms with Crippen molar-refractivity contribution in [1.29, 1.82) is 0 Å². The summed E-state index contributed by atoms with van der Waals surface area (Å²) in [5.74, 6) is 0.592. The lowest BCUT2D eigenvalue weighted by molar-refractivity contribution is 0.143. The summed E-state index contributed by atoms with van der Waals surface area (Å²) in [6.45, 7) is 4.12. The molecule has 0 saturated carbocycles. The maximum Gasteiger partial charge on any atom is 0.323 e. The topological polar surface area (TPSA) is 64.3 Å². The molecule has 1 fully saturated rings. The van der Waals surface area contributed by atoms with Crippen molar-refractivity contribution in [2.45, 2.75) is 6.54 Å². The first-order valence-corrected chi connectivity index (χ1v) is 8.53. The molecule has 1 aromatic carbocycles. The lowest BCUT2D eigenvalue weighted by Crippen LogP contribution is -2.49. The number of urea groups is 1. The van der Waals surface area contributed by atoms with Crippen LogP contribution in [-0.4, -0.2) is 52.0 Å². The molecule has 4 rings (SSSR count). The van der Waals surface area contributed by atoms with Crippen LogP contribution in [0.2, 0.25) is 0 Å². The summed E-state index contributed by atoms with van der Waals surface area (Å²) < 4.78 is 0. The molecule has 1 aliphatic rings. The molecular formula is C19H21N5O. The number of anilines is 1. The van der Waals surface area contributed by atoms with Crippen LogP contribution in [0.15, 0.2) is 54.9 Å². The van der Waals surface area contributed by atoms with E-state index in [1.165, 1.54) is 16.5 Å². The van der Waals surface area contributed by atoms with Crippen LogP contribution in [0, 0.1) is 0 Å². The highest BCUT2D eigenvalue weighted by Crippen LogP contribution is 2.16. The van der Waals surface area contributed by atoms with Gasteiger partial charge in [-0.05, 0) is 41.3 Å². The Morgan fingerprint density at radius 1 is 1.12 bits per heavy atom. The van der Waals surface area contributed by atoms with Gasteiger partial charge in [0.2, 0.25) is 0 Å². The van der Waals surface area contributed by atoms with Gasteiger partial charge in [0.15, 0.2) is 0 Å². The van der Waals surface area contributed by atoms with E-state index >= 15 is 0 Å². The highest BCUT2D eigenvalue weighted by atomic mass is 16.2. The SMILES string of the molecule is O=C(Nc1ccccn1)N1CCN(Cc2ccc3[nH]ccc3c2)CC1. The van der Waals surface area contributed by atoms with E-state index in [2.05, 4.69) is 44.5 Å². The average molecular weight is 335 g/mol. The number of carbonyl (C=O) groups is 1. The molecule has 0 atom stereocenters. The Morgan fingerprint density at radius 2 is 2.00 bits per heavy atom. The van der Waals surface area contributed by atoms with Crippen molar-refractivity contribution >= 4 is 22.8 Å². The number of nitrogens with zero attached hydrogens (tertiary/aromatic N) is 3. The minimum atomic E-state index is -0.0768. The van der Waals surface area contributed by atoms with Gasteiger partial charge in [0.05, 0.1) is 0 Å². The fourth-order valence-corrected chi connectivity index (χ4v) is 3.19. The molecule has 6 nitrogen and oxygen atoms in total. The molecule has 2 amide bonds. The van der Waals surface area contributed by atoms with E-state index in [-0.39, 0.29) is 6.03 Å². The number of benzene rings is 1. The van der Waals surface area contributed by atoms with Gasteiger partial charge in [-0.1, -0.05) is 12.1 Å². The van der Waals surface area contributed by atoms with E-state index < -0.39 is 0 Å². The summed E-state index contributed by atoms with van der Waals surface area (Å²) in [6.07, 6.45) is 3.64. The first-order chi connectivity index (χ1) is 12.3. The van der Waals surface area contributed by atoms with Gasteiger partial charge in [0.25, 0.3) is 0 Å². The Labute approximate surface area is 146 Å². The van der Waals surface area contributed by atoms with Crippen LogP contribution in [0.5, 0.6) is 0 Å². The quantitative estimate of drug-likeness (QED) is 0.773. The minimum Gasteiger partial charge on any atom is -0.361 e. The van der Waals surface area contributed by atoms with Crippen molar-refractivity contribution in [2.75, 3.05) is 31.5 Å². The Morgan fingerprint density at radius 3 is 2.80 bits per heavy atom. The summed E-state index contributed by atoms with van der Waals surface area (Å²) in [4.78, 5) is 23.9. The lowest BCUT2D eigenvalue weighted by atomic mass is 10.1. The molecule has 3 heterocycles. The number of rotatable bonds is 3. The lowest BCUT2D eigenvalue weighted by Gasteiger charge is -2.34. The van der Waals surface area contributed by atoms with E-state index in [0.29, 0.717) is 5.82 Å². The Hall–Kier alpha value is -2.86. The molecular weight excluding hydrogens is 314 g/mol. The molecule has 0 spiro atoms. The Balaban J connectivity index is 1.31. The maximum absolute atomic E-state index is 12.3. The van der Waals surface area contributed by atoms with Crippen molar-refractivity contribution < 1.29 is 4.79 Å². The highest BCUT2D eigenvalue weighted by molar-refractivity contribution is 5.88. The number of hydrogen-bond acceptors (Lipinski definition) is 3. The van der Waals surface area contributed by atoms with Crippen molar-refractivity contribution in [2.24, 2.45) is 0 Å². The summed E-state index contributed by atoms with van der Waals surface area (Å²) in [5, 5.41) is 4.09. The molecule has 2 aromatic heterocycles. The van der Waals surface area contributed by atoms with E-state index in [4.69, 9.17) is 0 Å². The molecule has 2 N–H and O–H groups in total. The van der Waals surface area contributed by atoms with Crippen molar-refractivity contribution in [3.05, 3.63) is 60.4 Å². The number of nitrogens with one attached hydrogen (secondary N) is 2. The van der Waals surface area contributed by atoms with Gasteiger partial charge in [-0.2, -0.15) is 0 Å². The molecule has 0 radical (unpaired) electrons. The van der Waals surface area contributed by atoms with E-state index in [1.54, 1.807) is 12.3 Å². The Kier molecular flexibility index (Phi) is 4.35. The molecule has 6 heteroatoms. The first kappa shape index (κ1) is 15.7. The third-order valence-corrected chi connectivity index (χ3v) is 4.58. The van der Waals surface area contributed by atoms with Gasteiger partial charge in [-0.25, -0.2) is 9.78 Å². The van der Waals surface area contributed by atoms with Crippen LogP contribution in [-0.2, 0) is 6.54 Å². The number of aromatic nitrogens is 2. The molecule has 25 heavy (non-hydrogen) atoms. The van der Waals surface area contributed by atoms with Crippen LogP contribution in [0.4, 0.5) is 10.6 Å². The van der Waals surface area contributed by atoms with Crippen LogP contribution in [0.1, 0.15) is 5.56 Å². The second-order valence-electron chi connectivity index (χ2n) is 6.31. The Bertz CT molecular complexity index is 852. The first-order valence-electron chi connectivity index (χ1n) is 8.53. The molecule has 0 unspecified atom stereocenters. The number of hydrogen-bond donors (Lipinski definition) is 2. The van der Waals surface area contributed by atoms with Crippen LogP contribution in [0.25, 0.3) is 10.9 Å². The van der Waals surface area contributed by atoms with Gasteiger partial charge >= 0.3 is 6.03 Å². The van der Waals surface area contributed by atoms with Crippen LogP contribution >= 0.6 is 0 Å². The summed E-state index contributed by atoms with van der Waals surface area (Å²) >= 11 is 0. The molecule has 0 bridgehead atoms. The number of fused-ring (bicyclic) bond motifs is 1. The molecule has 1 aliphatic heterocycles. The second-order valence-corrected chi connectivity index (χ2v) is 6.31. The highest BCUT2D eigenvalue weighted by Gasteiger charge is 2.21. The van der Waals surface area contributed by atoms with Gasteiger partial charge in [-0.3, -0.25) is 10.2 Å². The fraction of sp³-hybridized carbons (Fsp3) is 0.263. The predicted molar refractivity (Wildman–Crippen MR) is 98.4 cm³/mol. The van der Waals surface area contributed by atoms with Crippen LogP contribution < -0.4 is 5.32 Å². The average Bonchev–Trinajstić information content (AvgIpc) is 3.11. The van der Waals surface area contributed by atoms with Crippen molar-refractivity contribution in [1.82, 2.24) is 19.8 Å². The number of amides is 2. The molecule has 1 saturated heterocycles. The van der Waals surface area contributed by atoms with E-state index in [1.807, 2.05) is 23.2 Å². The molecule has 128 valence electrons. The third kappa shape index (κ3) is 3.64. The van der Waals surface area contributed by atoms with E-state index in [9.17, 15) is 4.79 Å². The number of piperazine rings is 1. The zero-order chi connectivity index (χ0) is 17.1.